The number of hydrogen-bond acceptors (Lipinski definition) is 4. The second kappa shape index (κ2) is 5.35. The van der Waals surface area contributed by atoms with E-state index in [1.165, 1.54) is 0 Å². The third-order valence-electron chi connectivity index (χ3n) is 2.29. The van der Waals surface area contributed by atoms with Gasteiger partial charge in [0.15, 0.2) is 5.82 Å². The standard InChI is InChI=1S/C12H6F4N2O3/c13-7-2-3-8(12(14,15)16)18-10(7)21-9-4-1-6(5-17-9)11(19)20/h1-5H,(H,19,20). The van der Waals surface area contributed by atoms with E-state index in [0.717, 1.165) is 18.3 Å². The highest BCUT2D eigenvalue weighted by molar-refractivity contribution is 5.87. The van der Waals surface area contributed by atoms with E-state index < -0.39 is 29.5 Å². The highest BCUT2D eigenvalue weighted by Crippen LogP contribution is 2.30. The fraction of sp³-hybridized carbons (Fsp3) is 0.0833. The van der Waals surface area contributed by atoms with Crippen molar-refractivity contribution in [3.8, 4) is 11.8 Å². The van der Waals surface area contributed by atoms with Gasteiger partial charge >= 0.3 is 12.1 Å². The first-order chi connectivity index (χ1) is 9.77. The van der Waals surface area contributed by atoms with Gasteiger partial charge in [0.1, 0.15) is 5.69 Å². The van der Waals surface area contributed by atoms with Gasteiger partial charge in [0.25, 0.3) is 5.88 Å². The Hall–Kier alpha value is -2.71. The van der Waals surface area contributed by atoms with E-state index in [1.54, 1.807) is 0 Å². The first-order valence-corrected chi connectivity index (χ1v) is 5.38. The molecule has 2 aromatic rings. The van der Waals surface area contributed by atoms with Crippen molar-refractivity contribution in [1.29, 1.82) is 0 Å². The first-order valence-electron chi connectivity index (χ1n) is 5.38. The molecular weight excluding hydrogens is 296 g/mol. The highest BCUT2D eigenvalue weighted by Gasteiger charge is 2.33. The molecule has 21 heavy (non-hydrogen) atoms. The topological polar surface area (TPSA) is 72.3 Å². The summed E-state index contributed by atoms with van der Waals surface area (Å²) in [4.78, 5) is 17.2. The SMILES string of the molecule is O=C(O)c1ccc(Oc2nc(C(F)(F)F)ccc2F)nc1. The first kappa shape index (κ1) is 14.7. The molecule has 0 fully saturated rings. The van der Waals surface area contributed by atoms with E-state index in [1.807, 2.05) is 0 Å². The summed E-state index contributed by atoms with van der Waals surface area (Å²) in [5.74, 6) is -3.53. The number of ether oxygens (including phenoxy) is 1. The van der Waals surface area contributed by atoms with Crippen molar-refractivity contribution >= 4 is 5.97 Å². The Kier molecular flexibility index (Phi) is 3.74. The van der Waals surface area contributed by atoms with Crippen molar-refractivity contribution in [2.45, 2.75) is 6.18 Å². The van der Waals surface area contributed by atoms with Crippen LogP contribution >= 0.6 is 0 Å². The molecule has 0 aromatic carbocycles. The molecule has 0 amide bonds. The average Bonchev–Trinajstić information content (AvgIpc) is 2.40. The number of pyridine rings is 2. The van der Waals surface area contributed by atoms with Crippen LogP contribution in [-0.2, 0) is 6.18 Å². The quantitative estimate of drug-likeness (QED) is 0.882. The summed E-state index contributed by atoms with van der Waals surface area (Å²) in [6.45, 7) is 0. The molecule has 9 heteroatoms. The monoisotopic (exact) mass is 302 g/mol. The zero-order valence-electron chi connectivity index (χ0n) is 10.1. The Morgan fingerprint density at radius 3 is 2.43 bits per heavy atom. The van der Waals surface area contributed by atoms with Crippen molar-refractivity contribution < 1.29 is 32.2 Å². The zero-order valence-corrected chi connectivity index (χ0v) is 10.1. The maximum atomic E-state index is 13.4. The van der Waals surface area contributed by atoms with Crippen molar-refractivity contribution in [1.82, 2.24) is 9.97 Å². The van der Waals surface area contributed by atoms with E-state index >= 15 is 0 Å². The predicted molar refractivity (Wildman–Crippen MR) is 60.5 cm³/mol. The Labute approximate surface area is 114 Å². The van der Waals surface area contributed by atoms with Gasteiger partial charge in [-0.15, -0.1) is 0 Å². The lowest BCUT2D eigenvalue weighted by atomic mass is 10.3. The van der Waals surface area contributed by atoms with Crippen LogP contribution in [0, 0.1) is 5.82 Å². The molecule has 0 unspecified atom stereocenters. The fourth-order valence-corrected chi connectivity index (χ4v) is 1.32. The van der Waals surface area contributed by atoms with Gasteiger partial charge in [-0.05, 0) is 18.2 Å². The zero-order chi connectivity index (χ0) is 15.6. The van der Waals surface area contributed by atoms with Gasteiger partial charge in [0.05, 0.1) is 5.56 Å². The molecular formula is C12H6F4N2O3. The normalized spacial score (nSPS) is 11.2. The van der Waals surface area contributed by atoms with Gasteiger partial charge < -0.3 is 9.84 Å². The predicted octanol–water partition coefficient (Wildman–Crippen LogP) is 3.13. The fourth-order valence-electron chi connectivity index (χ4n) is 1.32. The van der Waals surface area contributed by atoms with Crippen molar-refractivity contribution in [3.63, 3.8) is 0 Å². The minimum atomic E-state index is -4.74. The summed E-state index contributed by atoms with van der Waals surface area (Å²) >= 11 is 0. The van der Waals surface area contributed by atoms with Crippen molar-refractivity contribution in [2.24, 2.45) is 0 Å². The van der Waals surface area contributed by atoms with Crippen LogP contribution in [0.25, 0.3) is 0 Å². The molecule has 0 radical (unpaired) electrons. The minimum Gasteiger partial charge on any atom is -0.478 e. The van der Waals surface area contributed by atoms with Crippen molar-refractivity contribution in [3.05, 3.63) is 47.5 Å². The third kappa shape index (κ3) is 3.44. The Bertz CT molecular complexity index is 671. The number of halogens is 4. The van der Waals surface area contributed by atoms with E-state index in [4.69, 9.17) is 9.84 Å². The summed E-state index contributed by atoms with van der Waals surface area (Å²) in [5.41, 5.74) is -1.47. The maximum absolute atomic E-state index is 13.4. The van der Waals surface area contributed by atoms with Crippen LogP contribution in [0.5, 0.6) is 11.8 Å². The Morgan fingerprint density at radius 1 is 1.19 bits per heavy atom. The molecule has 0 atom stereocenters. The molecule has 0 saturated heterocycles. The number of carboxylic acid groups (broad SMARTS) is 1. The molecule has 0 aliphatic heterocycles. The van der Waals surface area contributed by atoms with Crippen molar-refractivity contribution in [2.75, 3.05) is 0 Å². The lowest BCUT2D eigenvalue weighted by molar-refractivity contribution is -0.141. The van der Waals surface area contributed by atoms with Gasteiger partial charge in [-0.25, -0.2) is 19.2 Å². The largest absolute Gasteiger partial charge is 0.478 e. The number of aromatic carboxylic acids is 1. The number of hydrogen-bond donors (Lipinski definition) is 1. The molecule has 2 rings (SSSR count). The van der Waals surface area contributed by atoms with Crippen LogP contribution in [-0.4, -0.2) is 21.0 Å². The van der Waals surface area contributed by atoms with Gasteiger partial charge in [-0.3, -0.25) is 0 Å². The Balaban J connectivity index is 2.28. The Morgan fingerprint density at radius 2 is 1.90 bits per heavy atom. The molecule has 0 saturated carbocycles. The smallest absolute Gasteiger partial charge is 0.433 e. The summed E-state index contributed by atoms with van der Waals surface area (Å²) in [5, 5.41) is 8.66. The number of rotatable bonds is 3. The number of nitrogens with zero attached hydrogens (tertiary/aromatic N) is 2. The molecule has 2 aromatic heterocycles. The van der Waals surface area contributed by atoms with Gasteiger partial charge in [-0.1, -0.05) is 0 Å². The van der Waals surface area contributed by atoms with Crippen LogP contribution < -0.4 is 4.74 Å². The van der Waals surface area contributed by atoms with Gasteiger partial charge in [0.2, 0.25) is 5.88 Å². The summed E-state index contributed by atoms with van der Waals surface area (Å²) < 4.78 is 55.5. The molecule has 0 aliphatic carbocycles. The van der Waals surface area contributed by atoms with Gasteiger partial charge in [-0.2, -0.15) is 13.2 Å². The molecule has 0 bridgehead atoms. The lowest BCUT2D eigenvalue weighted by Gasteiger charge is -2.09. The van der Waals surface area contributed by atoms with E-state index in [9.17, 15) is 22.4 Å². The second-order valence-corrected chi connectivity index (χ2v) is 3.77. The average molecular weight is 302 g/mol. The second-order valence-electron chi connectivity index (χ2n) is 3.77. The molecule has 110 valence electrons. The van der Waals surface area contributed by atoms with Crippen LogP contribution in [0.1, 0.15) is 16.1 Å². The van der Waals surface area contributed by atoms with Crippen LogP contribution in [0.15, 0.2) is 30.5 Å². The van der Waals surface area contributed by atoms with Crippen LogP contribution in [0.4, 0.5) is 17.6 Å². The molecule has 0 aliphatic rings. The maximum Gasteiger partial charge on any atom is 0.433 e. The lowest BCUT2D eigenvalue weighted by Crippen LogP contribution is -2.09. The number of carboxylic acids is 1. The summed E-state index contributed by atoms with van der Waals surface area (Å²) in [6, 6.07) is 3.22. The third-order valence-corrected chi connectivity index (χ3v) is 2.29. The van der Waals surface area contributed by atoms with Crippen LogP contribution in [0.3, 0.4) is 0 Å². The van der Waals surface area contributed by atoms with Gasteiger partial charge in [0, 0.05) is 12.3 Å². The molecule has 2 heterocycles. The molecule has 0 spiro atoms. The molecule has 1 N–H and O–H groups in total. The number of carbonyl (C=O) groups is 1. The van der Waals surface area contributed by atoms with E-state index in [-0.39, 0.29) is 11.4 Å². The number of aromatic nitrogens is 2. The minimum absolute atomic E-state index is 0.153. The number of alkyl halides is 3. The van der Waals surface area contributed by atoms with Crippen LogP contribution in [0.2, 0.25) is 0 Å². The molecule has 5 nitrogen and oxygen atoms in total. The summed E-state index contributed by atoms with van der Waals surface area (Å²) in [6.07, 6.45) is -3.82. The van der Waals surface area contributed by atoms with E-state index in [0.29, 0.717) is 12.1 Å². The summed E-state index contributed by atoms with van der Waals surface area (Å²) in [7, 11) is 0. The van der Waals surface area contributed by atoms with E-state index in [2.05, 4.69) is 9.97 Å². The highest BCUT2D eigenvalue weighted by atomic mass is 19.4.